The minimum absolute atomic E-state index is 0.160. The highest BCUT2D eigenvalue weighted by molar-refractivity contribution is 6.59. The van der Waals surface area contributed by atoms with Gasteiger partial charge in [0.2, 0.25) is 0 Å². The third kappa shape index (κ3) is 2.24. The van der Waals surface area contributed by atoms with Crippen LogP contribution in [0.2, 0.25) is 0 Å². The van der Waals surface area contributed by atoms with Crippen molar-refractivity contribution in [3.05, 3.63) is 23.5 Å². The van der Waals surface area contributed by atoms with Gasteiger partial charge in [-0.2, -0.15) is 13.2 Å². The summed E-state index contributed by atoms with van der Waals surface area (Å²) in [5.41, 5.74) is -1.07. The summed E-state index contributed by atoms with van der Waals surface area (Å²) in [6.45, 7) is 1.40. The fourth-order valence-corrected chi connectivity index (χ4v) is 0.967. The minimum atomic E-state index is -4.52. The molecule has 1 heterocycles. The highest BCUT2D eigenvalue weighted by atomic mass is 19.4. The number of rotatable bonds is 1. The first-order valence-electron chi connectivity index (χ1n) is 3.72. The van der Waals surface area contributed by atoms with E-state index in [2.05, 4.69) is 4.98 Å². The maximum Gasteiger partial charge on any atom is 0.490 e. The molecule has 14 heavy (non-hydrogen) atoms. The van der Waals surface area contributed by atoms with Crippen molar-refractivity contribution in [1.82, 2.24) is 4.98 Å². The Labute approximate surface area is 78.4 Å². The van der Waals surface area contributed by atoms with Crippen LogP contribution < -0.4 is 5.46 Å². The third-order valence-corrected chi connectivity index (χ3v) is 1.73. The fourth-order valence-electron chi connectivity index (χ4n) is 0.967. The first-order chi connectivity index (χ1) is 6.32. The monoisotopic (exact) mass is 205 g/mol. The van der Waals surface area contributed by atoms with Gasteiger partial charge in [0, 0.05) is 17.4 Å². The van der Waals surface area contributed by atoms with Crippen molar-refractivity contribution in [3.63, 3.8) is 0 Å². The lowest BCUT2D eigenvalue weighted by molar-refractivity contribution is -0.137. The first-order valence-corrected chi connectivity index (χ1v) is 3.72. The molecule has 0 radical (unpaired) electrons. The van der Waals surface area contributed by atoms with Gasteiger partial charge in [-0.05, 0) is 13.0 Å². The van der Waals surface area contributed by atoms with Crippen molar-refractivity contribution in [2.24, 2.45) is 0 Å². The molecule has 0 aliphatic rings. The summed E-state index contributed by atoms with van der Waals surface area (Å²) in [5, 5.41) is 17.5. The van der Waals surface area contributed by atoms with Crippen molar-refractivity contribution < 1.29 is 23.2 Å². The number of alkyl halides is 3. The topological polar surface area (TPSA) is 53.4 Å². The van der Waals surface area contributed by atoms with E-state index in [1.807, 2.05) is 0 Å². The molecule has 0 saturated heterocycles. The van der Waals surface area contributed by atoms with Crippen molar-refractivity contribution >= 4 is 12.6 Å². The number of aryl methyl sites for hydroxylation is 1. The SMILES string of the molecule is Cc1ncc(C(F)(F)F)cc1B(O)O. The lowest BCUT2D eigenvalue weighted by atomic mass is 9.78. The normalized spacial score (nSPS) is 11.6. The number of hydrogen-bond donors (Lipinski definition) is 2. The van der Waals surface area contributed by atoms with Gasteiger partial charge in [-0.15, -0.1) is 0 Å². The van der Waals surface area contributed by atoms with E-state index in [0.29, 0.717) is 12.3 Å². The van der Waals surface area contributed by atoms with Gasteiger partial charge in [0.15, 0.2) is 0 Å². The Kier molecular flexibility index (Phi) is 2.82. The smallest absolute Gasteiger partial charge is 0.423 e. The average molecular weight is 205 g/mol. The van der Waals surface area contributed by atoms with E-state index < -0.39 is 18.9 Å². The predicted octanol–water partition coefficient (Wildman–Crippen LogP) is 0.0886. The lowest BCUT2D eigenvalue weighted by Crippen LogP contribution is -2.34. The molecule has 0 aromatic carbocycles. The fraction of sp³-hybridized carbons (Fsp3) is 0.286. The minimum Gasteiger partial charge on any atom is -0.423 e. The van der Waals surface area contributed by atoms with Crippen LogP contribution in [0.4, 0.5) is 13.2 Å². The Hall–Kier alpha value is -1.08. The molecule has 1 aromatic rings. The third-order valence-electron chi connectivity index (χ3n) is 1.73. The number of pyridine rings is 1. The average Bonchev–Trinajstić information content (AvgIpc) is 2.02. The molecule has 1 aromatic heterocycles. The molecule has 0 saturated carbocycles. The highest BCUT2D eigenvalue weighted by Crippen LogP contribution is 2.27. The number of halogens is 3. The van der Waals surface area contributed by atoms with Crippen LogP contribution in [-0.2, 0) is 6.18 Å². The molecule has 0 spiro atoms. The van der Waals surface area contributed by atoms with Crippen LogP contribution in [0.25, 0.3) is 0 Å². The highest BCUT2D eigenvalue weighted by Gasteiger charge is 2.32. The summed E-state index contributed by atoms with van der Waals surface area (Å²) in [6, 6.07) is 0.674. The van der Waals surface area contributed by atoms with Crippen LogP contribution in [-0.4, -0.2) is 22.2 Å². The van der Waals surface area contributed by atoms with Crippen LogP contribution in [0.3, 0.4) is 0 Å². The van der Waals surface area contributed by atoms with E-state index in [1.54, 1.807) is 0 Å². The zero-order chi connectivity index (χ0) is 10.9. The molecule has 3 nitrogen and oxygen atoms in total. The van der Waals surface area contributed by atoms with E-state index >= 15 is 0 Å². The molecular formula is C7H7BF3NO2. The molecule has 76 valence electrons. The van der Waals surface area contributed by atoms with Gasteiger partial charge in [-0.1, -0.05) is 0 Å². The second kappa shape index (κ2) is 3.59. The number of aromatic nitrogens is 1. The second-order valence-electron chi connectivity index (χ2n) is 2.77. The first kappa shape index (κ1) is 11.0. The van der Waals surface area contributed by atoms with E-state index in [-0.39, 0.29) is 11.2 Å². The molecule has 2 N–H and O–H groups in total. The maximum atomic E-state index is 12.2. The summed E-state index contributed by atoms with van der Waals surface area (Å²) in [7, 11) is -1.94. The summed E-state index contributed by atoms with van der Waals surface area (Å²) in [6.07, 6.45) is -3.87. The molecule has 0 aliphatic carbocycles. The van der Waals surface area contributed by atoms with Gasteiger partial charge in [-0.3, -0.25) is 4.98 Å². The second-order valence-corrected chi connectivity index (χ2v) is 2.77. The zero-order valence-corrected chi connectivity index (χ0v) is 7.21. The van der Waals surface area contributed by atoms with E-state index in [1.165, 1.54) is 6.92 Å². The van der Waals surface area contributed by atoms with Crippen LogP contribution in [0.5, 0.6) is 0 Å². The van der Waals surface area contributed by atoms with Crippen LogP contribution in [0.15, 0.2) is 12.3 Å². The molecule has 0 fully saturated rings. The maximum absolute atomic E-state index is 12.2. The molecule has 7 heteroatoms. The van der Waals surface area contributed by atoms with Gasteiger partial charge >= 0.3 is 13.3 Å². The molecule has 0 bridgehead atoms. The molecule has 0 amide bonds. The van der Waals surface area contributed by atoms with E-state index in [4.69, 9.17) is 10.0 Å². The van der Waals surface area contributed by atoms with Crippen molar-refractivity contribution in [1.29, 1.82) is 0 Å². The Morgan fingerprint density at radius 2 is 1.93 bits per heavy atom. The van der Waals surface area contributed by atoms with E-state index in [9.17, 15) is 13.2 Å². The zero-order valence-electron chi connectivity index (χ0n) is 7.21. The van der Waals surface area contributed by atoms with Crippen LogP contribution >= 0.6 is 0 Å². The Morgan fingerprint density at radius 1 is 1.36 bits per heavy atom. The van der Waals surface area contributed by atoms with Gasteiger partial charge in [0.05, 0.1) is 5.56 Å². The van der Waals surface area contributed by atoms with Crippen molar-refractivity contribution in [2.45, 2.75) is 13.1 Å². The molecular weight excluding hydrogens is 198 g/mol. The van der Waals surface area contributed by atoms with Crippen molar-refractivity contribution in [3.8, 4) is 0 Å². The Bertz CT molecular complexity index is 340. The summed E-state index contributed by atoms with van der Waals surface area (Å²) >= 11 is 0. The molecule has 0 unspecified atom stereocenters. The number of nitrogens with zero attached hydrogens (tertiary/aromatic N) is 1. The molecule has 0 aliphatic heterocycles. The van der Waals surface area contributed by atoms with Crippen LogP contribution in [0, 0.1) is 6.92 Å². The summed E-state index contributed by atoms with van der Waals surface area (Å²) in [4.78, 5) is 3.43. The Balaban J connectivity index is 3.20. The van der Waals surface area contributed by atoms with Crippen LogP contribution in [0.1, 0.15) is 11.3 Å². The van der Waals surface area contributed by atoms with Gasteiger partial charge in [0.1, 0.15) is 0 Å². The number of hydrogen-bond acceptors (Lipinski definition) is 3. The molecule has 1 rings (SSSR count). The largest absolute Gasteiger partial charge is 0.490 e. The van der Waals surface area contributed by atoms with Crippen molar-refractivity contribution in [2.75, 3.05) is 0 Å². The summed E-state index contributed by atoms with van der Waals surface area (Å²) < 4.78 is 36.5. The predicted molar refractivity (Wildman–Crippen MR) is 43.8 cm³/mol. The van der Waals surface area contributed by atoms with Gasteiger partial charge < -0.3 is 10.0 Å². The molecule has 0 atom stereocenters. The van der Waals surface area contributed by atoms with Gasteiger partial charge in [0.25, 0.3) is 0 Å². The van der Waals surface area contributed by atoms with Gasteiger partial charge in [-0.25, -0.2) is 0 Å². The standard InChI is InChI=1S/C7H7BF3NO2/c1-4-6(8(13)14)2-5(3-12-4)7(9,10)11/h2-3,13-14H,1H3. The Morgan fingerprint density at radius 3 is 2.36 bits per heavy atom. The summed E-state index contributed by atoms with van der Waals surface area (Å²) in [5.74, 6) is 0. The van der Waals surface area contributed by atoms with E-state index in [0.717, 1.165) is 0 Å². The quantitative estimate of drug-likeness (QED) is 0.638. The lowest BCUT2D eigenvalue weighted by Gasteiger charge is -2.09.